The van der Waals surface area contributed by atoms with Gasteiger partial charge in [-0.15, -0.1) is 0 Å². The summed E-state index contributed by atoms with van der Waals surface area (Å²) >= 11 is 6.18. The normalized spacial score (nSPS) is 10.8. The van der Waals surface area contributed by atoms with Crippen LogP contribution in [0.2, 0.25) is 5.02 Å². The summed E-state index contributed by atoms with van der Waals surface area (Å²) in [4.78, 5) is 23.8. The number of hydrogen-bond donors (Lipinski definition) is 1. The number of benzene rings is 1. The summed E-state index contributed by atoms with van der Waals surface area (Å²) in [6, 6.07) is 9.12. The van der Waals surface area contributed by atoms with E-state index in [0.717, 1.165) is 11.1 Å². The largest absolute Gasteiger partial charge is 0.495 e. The van der Waals surface area contributed by atoms with Crippen molar-refractivity contribution in [2.75, 3.05) is 25.5 Å². The number of pyridine rings is 2. The highest BCUT2D eigenvalue weighted by Gasteiger charge is 2.21. The third-order valence-electron chi connectivity index (χ3n) is 4.57. The number of nitrogens with zero attached hydrogens (tertiary/aromatic N) is 3. The van der Waals surface area contributed by atoms with Gasteiger partial charge in [0, 0.05) is 35.4 Å². The van der Waals surface area contributed by atoms with E-state index >= 15 is 0 Å². The first-order valence-corrected chi connectivity index (χ1v) is 9.52. The van der Waals surface area contributed by atoms with Gasteiger partial charge < -0.3 is 15.0 Å². The lowest BCUT2D eigenvalue weighted by molar-refractivity contribution is 0.0773. The highest BCUT2D eigenvalue weighted by molar-refractivity contribution is 6.31. The summed E-state index contributed by atoms with van der Waals surface area (Å²) in [7, 11) is 1.59. The first-order chi connectivity index (χ1) is 13.5. The molecule has 3 rings (SSSR count). The van der Waals surface area contributed by atoms with Crippen LogP contribution in [0.3, 0.4) is 0 Å². The molecule has 2 heterocycles. The van der Waals surface area contributed by atoms with Gasteiger partial charge in [0.1, 0.15) is 5.75 Å². The van der Waals surface area contributed by atoms with Crippen molar-refractivity contribution < 1.29 is 9.53 Å². The van der Waals surface area contributed by atoms with Crippen molar-refractivity contribution >= 4 is 39.9 Å². The van der Waals surface area contributed by atoms with E-state index in [1.54, 1.807) is 36.4 Å². The fourth-order valence-corrected chi connectivity index (χ4v) is 3.23. The van der Waals surface area contributed by atoms with Gasteiger partial charge in [-0.3, -0.25) is 4.79 Å². The number of halogens is 1. The second-order valence-corrected chi connectivity index (χ2v) is 6.75. The lowest BCUT2D eigenvalue weighted by Gasteiger charge is -2.22. The molecule has 0 aliphatic carbocycles. The topological polar surface area (TPSA) is 67.4 Å². The minimum Gasteiger partial charge on any atom is -0.495 e. The number of amides is 1. The number of carbonyl (C=O) groups excluding carboxylic acids is 1. The van der Waals surface area contributed by atoms with Gasteiger partial charge in [0.15, 0.2) is 5.65 Å². The summed E-state index contributed by atoms with van der Waals surface area (Å²) in [5.41, 5.74) is 3.20. The van der Waals surface area contributed by atoms with Gasteiger partial charge in [-0.1, -0.05) is 11.6 Å². The third kappa shape index (κ3) is 3.87. The maximum atomic E-state index is 13.1. The molecule has 0 spiro atoms. The molecular formula is C21H23ClN4O2. The van der Waals surface area contributed by atoms with Crippen LogP contribution in [-0.4, -0.2) is 41.0 Å². The van der Waals surface area contributed by atoms with Crippen LogP contribution in [0.25, 0.3) is 11.0 Å². The Morgan fingerprint density at radius 1 is 1.21 bits per heavy atom. The zero-order valence-corrected chi connectivity index (χ0v) is 17.2. The Hall–Kier alpha value is -2.86. The lowest BCUT2D eigenvalue weighted by Crippen LogP contribution is -2.31. The van der Waals surface area contributed by atoms with Crippen LogP contribution in [0.4, 0.5) is 11.4 Å². The molecule has 146 valence electrons. The molecule has 28 heavy (non-hydrogen) atoms. The number of hydrogen-bond acceptors (Lipinski definition) is 5. The van der Waals surface area contributed by atoms with Crippen molar-refractivity contribution in [3.8, 4) is 5.75 Å². The number of ether oxygens (including phenoxy) is 1. The highest BCUT2D eigenvalue weighted by atomic mass is 35.5. The van der Waals surface area contributed by atoms with Crippen LogP contribution in [0.5, 0.6) is 5.75 Å². The molecule has 1 aromatic carbocycles. The molecule has 0 bridgehead atoms. The fraction of sp³-hybridized carbons (Fsp3) is 0.286. The number of nitrogens with one attached hydrogen (secondary N) is 1. The predicted octanol–water partition coefficient (Wildman–Crippen LogP) is 4.83. The molecule has 1 N–H and O–H groups in total. The molecule has 7 heteroatoms. The minimum absolute atomic E-state index is 0.0940. The smallest absolute Gasteiger partial charge is 0.257 e. The van der Waals surface area contributed by atoms with Gasteiger partial charge in [-0.25, -0.2) is 9.97 Å². The molecular weight excluding hydrogens is 376 g/mol. The summed E-state index contributed by atoms with van der Waals surface area (Å²) in [5, 5.41) is 4.66. The molecule has 0 aliphatic rings. The predicted molar refractivity (Wildman–Crippen MR) is 113 cm³/mol. The lowest BCUT2D eigenvalue weighted by atomic mass is 10.1. The van der Waals surface area contributed by atoms with Crippen molar-refractivity contribution in [1.82, 2.24) is 14.9 Å². The number of fused-ring (bicyclic) bond motifs is 1. The fourth-order valence-electron chi connectivity index (χ4n) is 3.06. The minimum atomic E-state index is -0.0940. The van der Waals surface area contributed by atoms with Crippen LogP contribution in [0, 0.1) is 6.92 Å². The van der Waals surface area contributed by atoms with Crippen molar-refractivity contribution in [2.24, 2.45) is 0 Å². The Kier molecular flexibility index (Phi) is 5.99. The highest BCUT2D eigenvalue weighted by Crippen LogP contribution is 2.35. The summed E-state index contributed by atoms with van der Waals surface area (Å²) in [6.07, 6.45) is 1.58. The summed E-state index contributed by atoms with van der Waals surface area (Å²) < 4.78 is 5.45. The molecule has 1 amide bonds. The zero-order valence-electron chi connectivity index (χ0n) is 16.4. The molecule has 0 radical (unpaired) electrons. The van der Waals surface area contributed by atoms with E-state index in [4.69, 9.17) is 16.3 Å². The monoisotopic (exact) mass is 398 g/mol. The van der Waals surface area contributed by atoms with E-state index < -0.39 is 0 Å². The second-order valence-electron chi connectivity index (χ2n) is 6.32. The number of rotatable bonds is 6. The van der Waals surface area contributed by atoms with E-state index in [2.05, 4.69) is 15.3 Å². The summed E-state index contributed by atoms with van der Waals surface area (Å²) in [5.74, 6) is 0.527. The quantitative estimate of drug-likeness (QED) is 0.644. The molecule has 0 atom stereocenters. The average Bonchev–Trinajstić information content (AvgIpc) is 2.69. The Morgan fingerprint density at radius 2 is 1.96 bits per heavy atom. The van der Waals surface area contributed by atoms with Crippen LogP contribution >= 0.6 is 11.6 Å². The molecule has 6 nitrogen and oxygen atoms in total. The maximum Gasteiger partial charge on any atom is 0.257 e. The Labute approximate surface area is 169 Å². The number of aromatic nitrogens is 2. The molecule has 0 fully saturated rings. The standard InChI is InChI=1S/C21H23ClN4O2/c1-5-26(6-2)21(27)16-12-23-20-15(9-7-13(3)24-20)19(16)25-17-11-14(22)8-10-18(17)28-4/h7-12H,5-6H2,1-4H3,(H,23,24,25). The van der Waals surface area contributed by atoms with Gasteiger partial charge in [0.25, 0.3) is 5.91 Å². The van der Waals surface area contributed by atoms with Crippen molar-refractivity contribution in [3.63, 3.8) is 0 Å². The first kappa shape index (κ1) is 19.9. The molecule has 3 aromatic rings. The number of anilines is 2. The number of carbonyl (C=O) groups is 1. The van der Waals surface area contributed by atoms with Crippen molar-refractivity contribution in [2.45, 2.75) is 20.8 Å². The van der Waals surface area contributed by atoms with E-state index in [1.807, 2.05) is 32.9 Å². The van der Waals surface area contributed by atoms with Gasteiger partial charge >= 0.3 is 0 Å². The molecule has 0 unspecified atom stereocenters. The van der Waals surface area contributed by atoms with Crippen LogP contribution in [0.1, 0.15) is 29.9 Å². The average molecular weight is 399 g/mol. The Balaban J connectivity index is 2.21. The van der Waals surface area contributed by atoms with E-state index in [1.165, 1.54) is 0 Å². The molecule has 0 saturated carbocycles. The van der Waals surface area contributed by atoms with Crippen LogP contribution in [-0.2, 0) is 0 Å². The Morgan fingerprint density at radius 3 is 2.64 bits per heavy atom. The van der Waals surface area contributed by atoms with E-state index in [9.17, 15) is 4.79 Å². The number of aryl methyl sites for hydroxylation is 1. The maximum absolute atomic E-state index is 13.1. The SMILES string of the molecule is CCN(CC)C(=O)c1cnc2nc(C)ccc2c1Nc1cc(Cl)ccc1OC. The van der Waals surface area contributed by atoms with Crippen LogP contribution in [0.15, 0.2) is 36.5 Å². The molecule has 2 aromatic heterocycles. The number of methoxy groups -OCH3 is 1. The Bertz CT molecular complexity index is 1020. The summed E-state index contributed by atoms with van der Waals surface area (Å²) in [6.45, 7) is 7.03. The van der Waals surface area contributed by atoms with Gasteiger partial charge in [-0.05, 0) is 51.1 Å². The van der Waals surface area contributed by atoms with Crippen LogP contribution < -0.4 is 10.1 Å². The van der Waals surface area contributed by atoms with E-state index in [0.29, 0.717) is 46.4 Å². The van der Waals surface area contributed by atoms with Crippen molar-refractivity contribution in [1.29, 1.82) is 0 Å². The molecule has 0 aliphatic heterocycles. The van der Waals surface area contributed by atoms with Gasteiger partial charge in [-0.2, -0.15) is 0 Å². The molecule has 0 saturated heterocycles. The zero-order chi connectivity index (χ0) is 20.3. The van der Waals surface area contributed by atoms with Gasteiger partial charge in [0.05, 0.1) is 24.0 Å². The van der Waals surface area contributed by atoms with E-state index in [-0.39, 0.29) is 5.91 Å². The first-order valence-electron chi connectivity index (χ1n) is 9.14. The third-order valence-corrected chi connectivity index (χ3v) is 4.81. The van der Waals surface area contributed by atoms with Gasteiger partial charge in [0.2, 0.25) is 0 Å². The van der Waals surface area contributed by atoms with Crippen molar-refractivity contribution in [3.05, 3.63) is 52.8 Å². The second kappa shape index (κ2) is 8.44.